The number of anilines is 2. The number of nitrogens with one attached hydrogen (secondary N) is 2. The van der Waals surface area contributed by atoms with E-state index in [-0.39, 0.29) is 12.6 Å². The molecule has 5 heteroatoms. The highest BCUT2D eigenvalue weighted by Gasteiger charge is 2.09. The minimum Gasteiger partial charge on any atom is -0.394 e. The van der Waals surface area contributed by atoms with Crippen molar-refractivity contribution in [3.8, 4) is 11.3 Å². The Labute approximate surface area is 154 Å². The molecule has 1 aromatic heterocycles. The fourth-order valence-electron chi connectivity index (χ4n) is 2.60. The van der Waals surface area contributed by atoms with Crippen molar-refractivity contribution >= 4 is 11.8 Å². The smallest absolute Gasteiger partial charge is 0.225 e. The number of aliphatic hydroxyl groups excluding tert-OH is 1. The quantitative estimate of drug-likeness (QED) is 0.580. The molecule has 134 valence electrons. The van der Waals surface area contributed by atoms with Crippen LogP contribution in [0, 0.1) is 0 Å². The molecular weight excluding hydrogens is 324 g/mol. The van der Waals surface area contributed by atoms with Crippen LogP contribution in [0.3, 0.4) is 0 Å². The van der Waals surface area contributed by atoms with E-state index in [1.54, 1.807) is 0 Å². The van der Waals surface area contributed by atoms with Gasteiger partial charge in [-0.3, -0.25) is 0 Å². The Morgan fingerprint density at radius 1 is 0.962 bits per heavy atom. The fraction of sp³-hybridized carbons (Fsp3) is 0.238. The Bertz CT molecular complexity index is 809. The predicted octanol–water partition coefficient (Wildman–Crippen LogP) is 3.59. The minimum absolute atomic E-state index is 0.0235. The molecule has 2 aromatic carbocycles. The van der Waals surface area contributed by atoms with Gasteiger partial charge in [-0.2, -0.15) is 4.98 Å². The van der Waals surface area contributed by atoms with Gasteiger partial charge < -0.3 is 15.7 Å². The molecular formula is C21H24N4O. The maximum atomic E-state index is 9.29. The van der Waals surface area contributed by atoms with E-state index in [0.717, 1.165) is 30.0 Å². The number of hydrogen-bond acceptors (Lipinski definition) is 5. The zero-order valence-corrected chi connectivity index (χ0v) is 14.9. The van der Waals surface area contributed by atoms with Gasteiger partial charge in [-0.05, 0) is 18.9 Å². The molecule has 0 radical (unpaired) electrons. The Kier molecular flexibility index (Phi) is 6.17. The summed E-state index contributed by atoms with van der Waals surface area (Å²) in [7, 11) is 0. The third-order valence-electron chi connectivity index (χ3n) is 4.01. The highest BCUT2D eigenvalue weighted by molar-refractivity contribution is 5.64. The summed E-state index contributed by atoms with van der Waals surface area (Å²) in [4.78, 5) is 9.12. The van der Waals surface area contributed by atoms with E-state index in [2.05, 4.69) is 32.7 Å². The van der Waals surface area contributed by atoms with Crippen LogP contribution >= 0.6 is 0 Å². The van der Waals surface area contributed by atoms with E-state index in [4.69, 9.17) is 0 Å². The predicted molar refractivity (Wildman–Crippen MR) is 106 cm³/mol. The lowest BCUT2D eigenvalue weighted by Crippen LogP contribution is -2.21. The van der Waals surface area contributed by atoms with E-state index < -0.39 is 0 Å². The Balaban J connectivity index is 1.77. The van der Waals surface area contributed by atoms with Crippen LogP contribution in [0.5, 0.6) is 0 Å². The summed E-state index contributed by atoms with van der Waals surface area (Å²) < 4.78 is 0. The van der Waals surface area contributed by atoms with Crippen molar-refractivity contribution in [3.05, 3.63) is 72.3 Å². The van der Waals surface area contributed by atoms with Gasteiger partial charge in [0.25, 0.3) is 0 Å². The van der Waals surface area contributed by atoms with Gasteiger partial charge in [0.2, 0.25) is 5.95 Å². The van der Waals surface area contributed by atoms with Crippen molar-refractivity contribution in [2.45, 2.75) is 19.4 Å². The molecule has 0 aliphatic carbocycles. The molecule has 1 heterocycles. The van der Waals surface area contributed by atoms with Crippen LogP contribution in [0.15, 0.2) is 66.7 Å². The standard InChI is InChI=1S/C21H24N4O/c1-16(15-26)23-21-24-19(18-10-6-3-7-11-18)14-20(25-21)22-13-12-17-8-4-2-5-9-17/h2-11,14,16,26H,12-13,15H2,1H3,(H2,22,23,24,25)/t16-/m0/s1. The molecule has 0 bridgehead atoms. The molecule has 1 atom stereocenters. The molecule has 0 fully saturated rings. The molecule has 0 saturated heterocycles. The summed E-state index contributed by atoms with van der Waals surface area (Å²) in [6, 6.07) is 22.2. The van der Waals surface area contributed by atoms with Gasteiger partial charge in [0, 0.05) is 24.2 Å². The largest absolute Gasteiger partial charge is 0.394 e. The summed E-state index contributed by atoms with van der Waals surface area (Å²) in [6.07, 6.45) is 0.918. The van der Waals surface area contributed by atoms with Crippen molar-refractivity contribution in [2.75, 3.05) is 23.8 Å². The van der Waals surface area contributed by atoms with Gasteiger partial charge >= 0.3 is 0 Å². The zero-order valence-electron chi connectivity index (χ0n) is 14.9. The van der Waals surface area contributed by atoms with E-state index in [1.807, 2.05) is 61.5 Å². The average molecular weight is 348 g/mol. The lowest BCUT2D eigenvalue weighted by atomic mass is 10.1. The first-order valence-electron chi connectivity index (χ1n) is 8.84. The van der Waals surface area contributed by atoms with Crippen LogP contribution in [-0.2, 0) is 6.42 Å². The van der Waals surface area contributed by atoms with Gasteiger partial charge in [-0.25, -0.2) is 4.98 Å². The highest BCUT2D eigenvalue weighted by atomic mass is 16.3. The van der Waals surface area contributed by atoms with E-state index >= 15 is 0 Å². The molecule has 3 N–H and O–H groups in total. The molecule has 3 rings (SSSR count). The van der Waals surface area contributed by atoms with Crippen LogP contribution < -0.4 is 10.6 Å². The minimum atomic E-state index is -0.113. The fourth-order valence-corrected chi connectivity index (χ4v) is 2.60. The third kappa shape index (κ3) is 5.04. The molecule has 26 heavy (non-hydrogen) atoms. The van der Waals surface area contributed by atoms with E-state index in [1.165, 1.54) is 5.56 Å². The summed E-state index contributed by atoms with van der Waals surface area (Å²) in [5.74, 6) is 1.28. The second-order valence-corrected chi connectivity index (χ2v) is 6.22. The molecule has 0 aliphatic rings. The second kappa shape index (κ2) is 8.97. The lowest BCUT2D eigenvalue weighted by Gasteiger charge is -2.14. The maximum absolute atomic E-state index is 9.29. The van der Waals surface area contributed by atoms with Crippen LogP contribution in [0.2, 0.25) is 0 Å². The van der Waals surface area contributed by atoms with Gasteiger partial charge in [0.1, 0.15) is 5.82 Å². The van der Waals surface area contributed by atoms with Crippen molar-refractivity contribution in [1.82, 2.24) is 9.97 Å². The summed E-state index contributed by atoms with van der Waals surface area (Å²) in [5, 5.41) is 15.8. The summed E-state index contributed by atoms with van der Waals surface area (Å²) >= 11 is 0. The summed E-state index contributed by atoms with van der Waals surface area (Å²) in [5.41, 5.74) is 3.15. The number of hydrogen-bond donors (Lipinski definition) is 3. The summed E-state index contributed by atoms with van der Waals surface area (Å²) in [6.45, 7) is 2.70. The first-order chi connectivity index (χ1) is 12.7. The number of aromatic nitrogens is 2. The SMILES string of the molecule is C[C@@H](CO)Nc1nc(NCCc2ccccc2)cc(-c2ccccc2)n1. The second-order valence-electron chi connectivity index (χ2n) is 6.22. The van der Waals surface area contributed by atoms with Crippen LogP contribution in [-0.4, -0.2) is 34.3 Å². The van der Waals surface area contributed by atoms with Crippen LogP contribution in [0.25, 0.3) is 11.3 Å². The van der Waals surface area contributed by atoms with Gasteiger partial charge in [0.15, 0.2) is 0 Å². The first-order valence-corrected chi connectivity index (χ1v) is 8.84. The molecule has 3 aromatic rings. The Morgan fingerprint density at radius 2 is 1.65 bits per heavy atom. The molecule has 5 nitrogen and oxygen atoms in total. The topological polar surface area (TPSA) is 70.1 Å². The van der Waals surface area contributed by atoms with Gasteiger partial charge in [-0.1, -0.05) is 60.7 Å². The van der Waals surface area contributed by atoms with Crippen molar-refractivity contribution in [1.29, 1.82) is 0 Å². The Morgan fingerprint density at radius 3 is 2.35 bits per heavy atom. The number of nitrogens with zero attached hydrogens (tertiary/aromatic N) is 2. The van der Waals surface area contributed by atoms with Crippen LogP contribution in [0.1, 0.15) is 12.5 Å². The Hall–Kier alpha value is -2.92. The molecule has 0 aliphatic heterocycles. The monoisotopic (exact) mass is 348 g/mol. The molecule has 0 saturated carbocycles. The molecule has 0 spiro atoms. The van der Waals surface area contributed by atoms with Crippen molar-refractivity contribution in [3.63, 3.8) is 0 Å². The van der Waals surface area contributed by atoms with Crippen molar-refractivity contribution < 1.29 is 5.11 Å². The molecule has 0 unspecified atom stereocenters. The van der Waals surface area contributed by atoms with E-state index in [0.29, 0.717) is 5.95 Å². The zero-order chi connectivity index (χ0) is 18.2. The first kappa shape index (κ1) is 17.9. The van der Waals surface area contributed by atoms with E-state index in [9.17, 15) is 5.11 Å². The van der Waals surface area contributed by atoms with Gasteiger partial charge in [0.05, 0.1) is 12.3 Å². The molecule has 0 amide bonds. The lowest BCUT2D eigenvalue weighted by molar-refractivity contribution is 0.281. The number of benzene rings is 2. The number of aliphatic hydroxyl groups is 1. The highest BCUT2D eigenvalue weighted by Crippen LogP contribution is 2.21. The third-order valence-corrected chi connectivity index (χ3v) is 4.01. The maximum Gasteiger partial charge on any atom is 0.225 e. The van der Waals surface area contributed by atoms with Crippen LogP contribution in [0.4, 0.5) is 11.8 Å². The number of rotatable bonds is 8. The average Bonchev–Trinajstić information content (AvgIpc) is 2.69. The van der Waals surface area contributed by atoms with Crippen molar-refractivity contribution in [2.24, 2.45) is 0 Å². The normalized spacial score (nSPS) is 11.8. The van der Waals surface area contributed by atoms with Gasteiger partial charge in [-0.15, -0.1) is 0 Å².